The van der Waals surface area contributed by atoms with E-state index in [1.54, 1.807) is 0 Å². The van der Waals surface area contributed by atoms with Crippen molar-refractivity contribution in [2.45, 2.75) is 96.2 Å². The fourth-order valence-electron chi connectivity index (χ4n) is 2.76. The average molecular weight is 256 g/mol. The third kappa shape index (κ3) is 7.38. The van der Waals surface area contributed by atoms with Gasteiger partial charge in [-0.15, -0.1) is 0 Å². The van der Waals surface area contributed by atoms with Gasteiger partial charge in [-0.3, -0.25) is 0 Å². The maximum atomic E-state index is 9.92. The van der Waals surface area contributed by atoms with E-state index in [1.807, 2.05) is 0 Å². The predicted octanol–water partition coefficient (Wildman–Crippen LogP) is 4.45. The monoisotopic (exact) mass is 256 g/mol. The summed E-state index contributed by atoms with van der Waals surface area (Å²) in [6.07, 6.45) is 15.1. The number of aliphatic hydroxyl groups excluding tert-OH is 1. The second kappa shape index (κ2) is 10.8. The van der Waals surface area contributed by atoms with Crippen molar-refractivity contribution < 1.29 is 9.84 Å². The summed E-state index contributed by atoms with van der Waals surface area (Å²) in [5.41, 5.74) is 0. The standard InChI is InChI=1S/C16H32O2/c1-2-3-4-5-6-7-8-9-10-12-15(17)16-13-11-14-18-16/h15-17H,2-14H2,1H3. The highest BCUT2D eigenvalue weighted by Gasteiger charge is 2.23. The second-order valence-corrected chi connectivity index (χ2v) is 5.74. The molecule has 0 spiro atoms. The third-order valence-electron chi connectivity index (χ3n) is 4.00. The predicted molar refractivity (Wildman–Crippen MR) is 76.8 cm³/mol. The molecule has 2 heteroatoms. The van der Waals surface area contributed by atoms with Gasteiger partial charge in [0.1, 0.15) is 0 Å². The van der Waals surface area contributed by atoms with Crippen LogP contribution in [0.3, 0.4) is 0 Å². The molecule has 1 N–H and O–H groups in total. The molecule has 1 heterocycles. The van der Waals surface area contributed by atoms with Crippen molar-refractivity contribution >= 4 is 0 Å². The van der Waals surface area contributed by atoms with Gasteiger partial charge in [-0.2, -0.15) is 0 Å². The molecular formula is C16H32O2. The van der Waals surface area contributed by atoms with Crippen LogP contribution in [-0.2, 0) is 4.74 Å². The topological polar surface area (TPSA) is 29.5 Å². The second-order valence-electron chi connectivity index (χ2n) is 5.74. The van der Waals surface area contributed by atoms with Crippen LogP contribution >= 0.6 is 0 Å². The summed E-state index contributed by atoms with van der Waals surface area (Å²) in [6, 6.07) is 0. The summed E-state index contributed by atoms with van der Waals surface area (Å²) < 4.78 is 5.50. The normalized spacial score (nSPS) is 21.3. The maximum absolute atomic E-state index is 9.92. The first kappa shape index (κ1) is 16.0. The summed E-state index contributed by atoms with van der Waals surface area (Å²) in [5.74, 6) is 0. The van der Waals surface area contributed by atoms with Crippen LogP contribution in [0.4, 0.5) is 0 Å². The van der Waals surface area contributed by atoms with Gasteiger partial charge < -0.3 is 9.84 Å². The van der Waals surface area contributed by atoms with Crippen molar-refractivity contribution in [3.05, 3.63) is 0 Å². The van der Waals surface area contributed by atoms with Crippen LogP contribution in [0.2, 0.25) is 0 Å². The smallest absolute Gasteiger partial charge is 0.0834 e. The van der Waals surface area contributed by atoms with E-state index in [2.05, 4.69) is 6.92 Å². The molecule has 1 aliphatic heterocycles. The minimum atomic E-state index is -0.211. The summed E-state index contributed by atoms with van der Waals surface area (Å²) in [5, 5.41) is 9.92. The first-order chi connectivity index (χ1) is 8.84. The van der Waals surface area contributed by atoms with Crippen molar-refractivity contribution in [1.82, 2.24) is 0 Å². The molecule has 0 saturated carbocycles. The Bertz CT molecular complexity index is 176. The van der Waals surface area contributed by atoms with E-state index in [9.17, 15) is 5.11 Å². The lowest BCUT2D eigenvalue weighted by Gasteiger charge is -2.16. The molecule has 2 unspecified atom stereocenters. The number of hydrogen-bond donors (Lipinski definition) is 1. The Balaban J connectivity index is 1.80. The van der Waals surface area contributed by atoms with Crippen molar-refractivity contribution in [2.75, 3.05) is 6.61 Å². The van der Waals surface area contributed by atoms with Gasteiger partial charge in [-0.1, -0.05) is 64.7 Å². The Labute approximate surface area is 113 Å². The Morgan fingerprint density at radius 1 is 1.00 bits per heavy atom. The molecule has 1 aliphatic rings. The quantitative estimate of drug-likeness (QED) is 0.553. The van der Waals surface area contributed by atoms with Crippen molar-refractivity contribution in [1.29, 1.82) is 0 Å². The molecule has 0 aromatic heterocycles. The molecule has 18 heavy (non-hydrogen) atoms. The fraction of sp³-hybridized carbons (Fsp3) is 1.00. The lowest BCUT2D eigenvalue weighted by molar-refractivity contribution is -0.00636. The largest absolute Gasteiger partial charge is 0.390 e. The Kier molecular flexibility index (Phi) is 9.59. The van der Waals surface area contributed by atoms with Gasteiger partial charge in [0.05, 0.1) is 12.2 Å². The van der Waals surface area contributed by atoms with Gasteiger partial charge in [-0.25, -0.2) is 0 Å². The fourth-order valence-corrected chi connectivity index (χ4v) is 2.76. The molecule has 2 atom stereocenters. The maximum Gasteiger partial charge on any atom is 0.0834 e. The molecule has 0 aliphatic carbocycles. The number of hydrogen-bond acceptors (Lipinski definition) is 2. The van der Waals surface area contributed by atoms with E-state index < -0.39 is 0 Å². The zero-order valence-electron chi connectivity index (χ0n) is 12.2. The summed E-state index contributed by atoms with van der Waals surface area (Å²) >= 11 is 0. The van der Waals surface area contributed by atoms with Crippen molar-refractivity contribution in [3.63, 3.8) is 0 Å². The Morgan fingerprint density at radius 3 is 2.17 bits per heavy atom. The number of aliphatic hydroxyl groups is 1. The summed E-state index contributed by atoms with van der Waals surface area (Å²) in [6.45, 7) is 3.11. The van der Waals surface area contributed by atoms with Crippen LogP contribution in [0.15, 0.2) is 0 Å². The van der Waals surface area contributed by atoms with Gasteiger partial charge in [-0.05, 0) is 19.3 Å². The van der Waals surface area contributed by atoms with Gasteiger partial charge in [0.15, 0.2) is 0 Å². The first-order valence-electron chi connectivity index (χ1n) is 8.14. The molecule has 1 fully saturated rings. The molecule has 1 saturated heterocycles. The minimum absolute atomic E-state index is 0.138. The molecule has 0 radical (unpaired) electrons. The summed E-state index contributed by atoms with van der Waals surface area (Å²) in [4.78, 5) is 0. The van der Waals surface area contributed by atoms with Crippen LogP contribution in [-0.4, -0.2) is 23.9 Å². The lowest BCUT2D eigenvalue weighted by atomic mass is 10.0. The molecule has 108 valence electrons. The highest BCUT2D eigenvalue weighted by atomic mass is 16.5. The molecule has 0 aromatic carbocycles. The van der Waals surface area contributed by atoms with Gasteiger partial charge in [0.2, 0.25) is 0 Å². The van der Waals surface area contributed by atoms with Gasteiger partial charge in [0, 0.05) is 6.61 Å². The lowest BCUT2D eigenvalue weighted by Crippen LogP contribution is -2.24. The number of unbranched alkanes of at least 4 members (excludes halogenated alkanes) is 8. The van der Waals surface area contributed by atoms with E-state index in [0.29, 0.717) is 0 Å². The van der Waals surface area contributed by atoms with Crippen LogP contribution in [0.25, 0.3) is 0 Å². The van der Waals surface area contributed by atoms with Crippen molar-refractivity contribution in [3.8, 4) is 0 Å². The van der Waals surface area contributed by atoms with E-state index in [4.69, 9.17) is 4.74 Å². The Morgan fingerprint density at radius 2 is 1.61 bits per heavy atom. The van der Waals surface area contributed by atoms with Gasteiger partial charge >= 0.3 is 0 Å². The highest BCUT2D eigenvalue weighted by Crippen LogP contribution is 2.19. The number of ether oxygens (including phenoxy) is 1. The number of rotatable bonds is 11. The molecule has 0 amide bonds. The molecule has 2 nitrogen and oxygen atoms in total. The zero-order valence-corrected chi connectivity index (χ0v) is 12.2. The van der Waals surface area contributed by atoms with Crippen LogP contribution in [0, 0.1) is 0 Å². The van der Waals surface area contributed by atoms with E-state index in [0.717, 1.165) is 32.3 Å². The Hall–Kier alpha value is -0.0800. The van der Waals surface area contributed by atoms with E-state index in [-0.39, 0.29) is 12.2 Å². The van der Waals surface area contributed by atoms with Gasteiger partial charge in [0.25, 0.3) is 0 Å². The van der Waals surface area contributed by atoms with E-state index >= 15 is 0 Å². The average Bonchev–Trinajstić information content (AvgIpc) is 2.90. The van der Waals surface area contributed by atoms with Crippen LogP contribution in [0.1, 0.15) is 84.0 Å². The molecule has 1 rings (SSSR count). The SMILES string of the molecule is CCCCCCCCCCCC(O)C1CCCO1. The zero-order chi connectivity index (χ0) is 13.1. The molecule has 0 aromatic rings. The molecular weight excluding hydrogens is 224 g/mol. The van der Waals surface area contributed by atoms with Crippen molar-refractivity contribution in [2.24, 2.45) is 0 Å². The first-order valence-corrected chi connectivity index (χ1v) is 8.14. The summed E-state index contributed by atoms with van der Waals surface area (Å²) in [7, 11) is 0. The minimum Gasteiger partial charge on any atom is -0.390 e. The van der Waals surface area contributed by atoms with Crippen LogP contribution in [0.5, 0.6) is 0 Å². The van der Waals surface area contributed by atoms with E-state index in [1.165, 1.54) is 51.4 Å². The molecule has 0 bridgehead atoms. The highest BCUT2D eigenvalue weighted by molar-refractivity contribution is 4.73. The third-order valence-corrected chi connectivity index (χ3v) is 4.00. The van der Waals surface area contributed by atoms with Crippen LogP contribution < -0.4 is 0 Å².